The van der Waals surface area contributed by atoms with E-state index in [0.29, 0.717) is 0 Å². The lowest BCUT2D eigenvalue weighted by atomic mass is 10.1. The summed E-state index contributed by atoms with van der Waals surface area (Å²) in [5, 5.41) is 4.49. The van der Waals surface area contributed by atoms with Crippen LogP contribution in [0.3, 0.4) is 0 Å². The van der Waals surface area contributed by atoms with Crippen molar-refractivity contribution in [2.45, 2.75) is 38.5 Å². The maximum Gasteiger partial charge on any atom is 0.112 e. The van der Waals surface area contributed by atoms with E-state index in [4.69, 9.17) is 5.73 Å². The van der Waals surface area contributed by atoms with Crippen molar-refractivity contribution in [1.82, 2.24) is 0 Å². The van der Waals surface area contributed by atoms with Crippen molar-refractivity contribution in [2.75, 3.05) is 12.7 Å². The van der Waals surface area contributed by atoms with E-state index in [1.54, 1.807) is 0 Å². The summed E-state index contributed by atoms with van der Waals surface area (Å²) in [6, 6.07) is 33.6. The van der Waals surface area contributed by atoms with Crippen LogP contribution in [0.25, 0.3) is 0 Å². The maximum atomic E-state index is 5.62. The van der Waals surface area contributed by atoms with Gasteiger partial charge in [0.05, 0.1) is 6.16 Å². The van der Waals surface area contributed by atoms with Gasteiger partial charge in [-0.1, -0.05) is 73.9 Å². The standard InChI is InChI=1S/C26H33NP.BrH/c27-22-14-3-1-2-4-15-23-28(24-16-8-5-9-17-24,25-18-10-6-11-19-25)26-20-12-7-13-21-26;/h5-13,16-21H,1-4,14-15,22-23,27H2;1H/q+1;/p-1. The molecule has 2 N–H and O–H groups in total. The summed E-state index contributed by atoms with van der Waals surface area (Å²) in [4.78, 5) is 0. The molecule has 3 rings (SSSR count). The molecule has 0 aliphatic carbocycles. The fourth-order valence-electron chi connectivity index (χ4n) is 4.08. The van der Waals surface area contributed by atoms with Gasteiger partial charge in [-0.25, -0.2) is 0 Å². The Bertz CT molecular complexity index is 696. The Hall–Kier alpha value is -1.47. The zero-order chi connectivity index (χ0) is 19.5. The van der Waals surface area contributed by atoms with Crippen LogP contribution in [0, 0.1) is 0 Å². The Morgan fingerprint density at radius 1 is 0.483 bits per heavy atom. The van der Waals surface area contributed by atoms with Crippen LogP contribution in [0.15, 0.2) is 91.0 Å². The third kappa shape index (κ3) is 6.25. The van der Waals surface area contributed by atoms with Crippen LogP contribution in [0.1, 0.15) is 38.5 Å². The summed E-state index contributed by atoms with van der Waals surface area (Å²) in [6.45, 7) is 0.824. The molecule has 0 heterocycles. The van der Waals surface area contributed by atoms with Crippen LogP contribution in [-0.4, -0.2) is 12.7 Å². The van der Waals surface area contributed by atoms with Gasteiger partial charge in [0, 0.05) is 0 Å². The number of rotatable bonds is 11. The van der Waals surface area contributed by atoms with E-state index in [-0.39, 0.29) is 17.0 Å². The summed E-state index contributed by atoms with van der Waals surface area (Å²) < 4.78 is 0. The molecule has 0 amide bonds. The Morgan fingerprint density at radius 2 is 0.828 bits per heavy atom. The molecule has 3 heteroatoms. The van der Waals surface area contributed by atoms with Gasteiger partial charge in [0.15, 0.2) is 0 Å². The SMILES string of the molecule is NCCCCCCCC[P+](c1ccccc1)(c1ccccc1)c1ccccc1.[Br-]. The highest BCUT2D eigenvalue weighted by Gasteiger charge is 2.44. The molecule has 1 nitrogen and oxygen atoms in total. The Kier molecular flexibility index (Phi) is 10.6. The summed E-state index contributed by atoms with van der Waals surface area (Å²) in [7, 11) is -1.63. The van der Waals surface area contributed by atoms with Gasteiger partial charge < -0.3 is 22.7 Å². The highest BCUT2D eigenvalue weighted by atomic mass is 79.9. The summed E-state index contributed by atoms with van der Waals surface area (Å²) in [5.74, 6) is 0. The van der Waals surface area contributed by atoms with Gasteiger partial charge in [0.1, 0.15) is 23.2 Å². The molecular weight excluding hydrogens is 437 g/mol. The van der Waals surface area contributed by atoms with Crippen molar-refractivity contribution in [1.29, 1.82) is 0 Å². The fourth-order valence-corrected chi connectivity index (χ4v) is 8.49. The topological polar surface area (TPSA) is 26.0 Å². The van der Waals surface area contributed by atoms with Gasteiger partial charge in [0.25, 0.3) is 0 Å². The zero-order valence-corrected chi connectivity index (χ0v) is 19.7. The monoisotopic (exact) mass is 469 g/mol. The van der Waals surface area contributed by atoms with E-state index in [1.807, 2.05) is 0 Å². The predicted octanol–water partition coefficient (Wildman–Crippen LogP) is 2.28. The van der Waals surface area contributed by atoms with Crippen molar-refractivity contribution in [3.63, 3.8) is 0 Å². The fraction of sp³-hybridized carbons (Fsp3) is 0.308. The molecule has 0 bridgehead atoms. The van der Waals surface area contributed by atoms with E-state index >= 15 is 0 Å². The number of nitrogens with two attached hydrogens (primary N) is 1. The number of halogens is 1. The molecule has 0 atom stereocenters. The molecule has 154 valence electrons. The predicted molar refractivity (Wildman–Crippen MR) is 127 cm³/mol. The molecule has 0 aliphatic heterocycles. The zero-order valence-electron chi connectivity index (χ0n) is 17.2. The molecule has 0 saturated carbocycles. The molecule has 3 aromatic carbocycles. The molecule has 0 aliphatic rings. The first-order chi connectivity index (χ1) is 13.9. The van der Waals surface area contributed by atoms with Crippen molar-refractivity contribution >= 4 is 23.2 Å². The number of hydrogen-bond acceptors (Lipinski definition) is 1. The average molecular weight is 470 g/mol. The largest absolute Gasteiger partial charge is 1.00 e. The molecule has 0 saturated heterocycles. The smallest absolute Gasteiger partial charge is 0.112 e. The van der Waals surface area contributed by atoms with Crippen LogP contribution in [0.2, 0.25) is 0 Å². The third-order valence-electron chi connectivity index (χ3n) is 5.54. The van der Waals surface area contributed by atoms with Crippen LogP contribution in [-0.2, 0) is 0 Å². The minimum atomic E-state index is -1.63. The molecule has 3 aromatic rings. The van der Waals surface area contributed by atoms with E-state index in [0.717, 1.165) is 13.0 Å². The molecule has 29 heavy (non-hydrogen) atoms. The van der Waals surface area contributed by atoms with Crippen LogP contribution in [0.5, 0.6) is 0 Å². The summed E-state index contributed by atoms with van der Waals surface area (Å²) in [5.41, 5.74) is 5.62. The van der Waals surface area contributed by atoms with Crippen molar-refractivity contribution in [2.24, 2.45) is 5.73 Å². The van der Waals surface area contributed by atoms with Crippen LogP contribution in [0.4, 0.5) is 0 Å². The lowest BCUT2D eigenvalue weighted by molar-refractivity contribution is -0.00000567. The number of hydrogen-bond donors (Lipinski definition) is 1. The quantitative estimate of drug-likeness (QED) is 0.338. The molecular formula is C26H33BrNP. The van der Waals surface area contributed by atoms with Gasteiger partial charge in [-0.3, -0.25) is 0 Å². The normalized spacial score (nSPS) is 11.1. The molecule has 0 radical (unpaired) electrons. The molecule has 0 spiro atoms. The van der Waals surface area contributed by atoms with Gasteiger partial charge in [-0.2, -0.15) is 0 Å². The van der Waals surface area contributed by atoms with Crippen molar-refractivity contribution in [3.8, 4) is 0 Å². The number of unbranched alkanes of at least 4 members (excludes halogenated alkanes) is 5. The second-order valence-corrected chi connectivity index (χ2v) is 11.1. The Labute approximate surface area is 187 Å². The maximum absolute atomic E-state index is 5.62. The third-order valence-corrected chi connectivity index (χ3v) is 10.1. The van der Waals surface area contributed by atoms with Crippen LogP contribution < -0.4 is 38.6 Å². The summed E-state index contributed by atoms with van der Waals surface area (Å²) >= 11 is 0. The second kappa shape index (κ2) is 13.0. The van der Waals surface area contributed by atoms with Crippen molar-refractivity contribution < 1.29 is 17.0 Å². The molecule has 0 fully saturated rings. The van der Waals surface area contributed by atoms with E-state index in [1.165, 1.54) is 54.2 Å². The minimum Gasteiger partial charge on any atom is -1.00 e. The highest BCUT2D eigenvalue weighted by Crippen LogP contribution is 2.55. The molecule has 0 unspecified atom stereocenters. The van der Waals surface area contributed by atoms with Gasteiger partial charge in [-0.15, -0.1) is 0 Å². The van der Waals surface area contributed by atoms with Gasteiger partial charge >= 0.3 is 0 Å². The second-order valence-electron chi connectivity index (χ2n) is 7.45. The minimum absolute atomic E-state index is 0. The first-order valence-corrected chi connectivity index (χ1v) is 12.6. The van der Waals surface area contributed by atoms with Crippen LogP contribution >= 0.6 is 7.26 Å². The van der Waals surface area contributed by atoms with Crippen molar-refractivity contribution in [3.05, 3.63) is 91.0 Å². The average Bonchev–Trinajstić information content (AvgIpc) is 2.78. The van der Waals surface area contributed by atoms with Gasteiger partial charge in [0.2, 0.25) is 0 Å². The summed E-state index contributed by atoms with van der Waals surface area (Å²) in [6.07, 6.45) is 8.88. The first kappa shape index (κ1) is 23.8. The lowest BCUT2D eigenvalue weighted by Crippen LogP contribution is -3.00. The highest BCUT2D eigenvalue weighted by molar-refractivity contribution is 7.95. The number of benzene rings is 3. The van der Waals surface area contributed by atoms with Gasteiger partial charge in [-0.05, 0) is 62.2 Å². The van der Waals surface area contributed by atoms with E-state index in [2.05, 4.69) is 91.0 Å². The lowest BCUT2D eigenvalue weighted by Gasteiger charge is -2.27. The Balaban J connectivity index is 0.00000300. The van der Waals surface area contributed by atoms with E-state index in [9.17, 15) is 0 Å². The van der Waals surface area contributed by atoms with E-state index < -0.39 is 7.26 Å². The first-order valence-electron chi connectivity index (χ1n) is 10.6. The molecule has 0 aromatic heterocycles. The Morgan fingerprint density at radius 3 is 1.21 bits per heavy atom.